The number of nitrogens with zero attached hydrogens (tertiary/aromatic N) is 4. The Hall–Kier alpha value is -3.59. The molecule has 2 N–H and O–H groups in total. The standard InChI is InChI=1S/C19H15N5O/c1-12-16-17(13-7-9-22-10-8-13)15(11-20)18(21)25-19(16)24(23-12)14-5-3-2-4-6-14/h2-10,17H,21H2,1H3/t17-/m0/s1. The fourth-order valence-electron chi connectivity index (χ4n) is 3.15. The van der Waals surface area contributed by atoms with Crippen LogP contribution in [-0.2, 0) is 0 Å². The summed E-state index contributed by atoms with van der Waals surface area (Å²) in [6, 6.07) is 15.6. The van der Waals surface area contributed by atoms with E-state index in [2.05, 4.69) is 16.2 Å². The molecule has 25 heavy (non-hydrogen) atoms. The molecule has 4 rings (SSSR count). The second-order valence-corrected chi connectivity index (χ2v) is 5.76. The van der Waals surface area contributed by atoms with Crippen molar-refractivity contribution in [3.63, 3.8) is 0 Å². The van der Waals surface area contributed by atoms with Gasteiger partial charge in [0.05, 0.1) is 22.9 Å². The maximum atomic E-state index is 9.62. The van der Waals surface area contributed by atoms with Crippen LogP contribution < -0.4 is 10.5 Å². The lowest BCUT2D eigenvalue weighted by atomic mass is 9.84. The molecule has 0 saturated heterocycles. The van der Waals surface area contributed by atoms with Gasteiger partial charge in [0.1, 0.15) is 11.6 Å². The highest BCUT2D eigenvalue weighted by molar-refractivity contribution is 5.56. The highest BCUT2D eigenvalue weighted by atomic mass is 16.5. The monoisotopic (exact) mass is 329 g/mol. The molecule has 1 aliphatic heterocycles. The zero-order valence-electron chi connectivity index (χ0n) is 13.5. The quantitative estimate of drug-likeness (QED) is 0.781. The summed E-state index contributed by atoms with van der Waals surface area (Å²) in [5.41, 5.74) is 9.89. The molecule has 6 nitrogen and oxygen atoms in total. The van der Waals surface area contributed by atoms with Gasteiger partial charge in [-0.2, -0.15) is 10.4 Å². The average Bonchev–Trinajstić information content (AvgIpc) is 2.98. The fraction of sp³-hybridized carbons (Fsp3) is 0.105. The predicted octanol–water partition coefficient (Wildman–Crippen LogP) is 2.79. The van der Waals surface area contributed by atoms with Crippen LogP contribution in [0.25, 0.3) is 5.69 Å². The van der Waals surface area contributed by atoms with Crippen LogP contribution >= 0.6 is 0 Å². The van der Waals surface area contributed by atoms with Crippen molar-refractivity contribution in [2.24, 2.45) is 5.73 Å². The molecule has 0 bridgehead atoms. The van der Waals surface area contributed by atoms with Gasteiger partial charge in [0.15, 0.2) is 0 Å². The number of pyridine rings is 1. The third-order valence-electron chi connectivity index (χ3n) is 4.27. The number of aryl methyl sites for hydroxylation is 1. The number of para-hydroxylation sites is 1. The van der Waals surface area contributed by atoms with E-state index >= 15 is 0 Å². The molecule has 0 fully saturated rings. The number of nitriles is 1. The van der Waals surface area contributed by atoms with Gasteiger partial charge in [-0.05, 0) is 36.8 Å². The maximum Gasteiger partial charge on any atom is 0.229 e. The van der Waals surface area contributed by atoms with E-state index in [9.17, 15) is 5.26 Å². The summed E-state index contributed by atoms with van der Waals surface area (Å²) in [6.07, 6.45) is 3.40. The summed E-state index contributed by atoms with van der Waals surface area (Å²) in [4.78, 5) is 4.06. The molecule has 122 valence electrons. The van der Waals surface area contributed by atoms with Crippen molar-refractivity contribution >= 4 is 0 Å². The first-order valence-corrected chi connectivity index (χ1v) is 7.83. The SMILES string of the molecule is Cc1nn(-c2ccccc2)c2c1[C@@H](c1ccncc1)C(C#N)=C(N)O2. The van der Waals surface area contributed by atoms with Gasteiger partial charge in [-0.15, -0.1) is 0 Å². The number of benzene rings is 1. The molecular formula is C19H15N5O. The fourth-order valence-corrected chi connectivity index (χ4v) is 3.15. The summed E-state index contributed by atoms with van der Waals surface area (Å²) in [6.45, 7) is 1.91. The van der Waals surface area contributed by atoms with E-state index in [1.165, 1.54) is 0 Å². The topological polar surface area (TPSA) is 89.8 Å². The molecule has 2 aromatic heterocycles. The van der Waals surface area contributed by atoms with E-state index in [-0.39, 0.29) is 11.8 Å². The summed E-state index contributed by atoms with van der Waals surface area (Å²) >= 11 is 0. The third kappa shape index (κ3) is 2.34. The number of hydrogen-bond acceptors (Lipinski definition) is 5. The summed E-state index contributed by atoms with van der Waals surface area (Å²) in [5, 5.41) is 14.2. The summed E-state index contributed by atoms with van der Waals surface area (Å²) < 4.78 is 7.54. The van der Waals surface area contributed by atoms with Crippen molar-refractivity contribution in [1.82, 2.24) is 14.8 Å². The molecule has 0 saturated carbocycles. The Labute approximate surface area is 144 Å². The summed E-state index contributed by atoms with van der Waals surface area (Å²) in [5.74, 6) is 0.324. The average molecular weight is 329 g/mol. The molecular weight excluding hydrogens is 314 g/mol. The van der Waals surface area contributed by atoms with Crippen molar-refractivity contribution in [3.05, 3.63) is 83.1 Å². The molecule has 0 aliphatic carbocycles. The first-order chi connectivity index (χ1) is 12.2. The minimum absolute atomic E-state index is 0.105. The Balaban J connectivity index is 1.97. The number of nitrogens with two attached hydrogens (primary N) is 1. The van der Waals surface area contributed by atoms with Crippen molar-refractivity contribution in [3.8, 4) is 17.6 Å². The van der Waals surface area contributed by atoms with Gasteiger partial charge in [-0.3, -0.25) is 4.98 Å². The molecule has 1 aromatic carbocycles. The number of allylic oxidation sites excluding steroid dienone is 1. The highest BCUT2D eigenvalue weighted by Crippen LogP contribution is 2.44. The van der Waals surface area contributed by atoms with Crippen LogP contribution in [0.2, 0.25) is 0 Å². The van der Waals surface area contributed by atoms with Gasteiger partial charge in [0, 0.05) is 12.4 Å². The Morgan fingerprint density at radius 2 is 1.88 bits per heavy atom. The Kier molecular flexibility index (Phi) is 3.47. The van der Waals surface area contributed by atoms with E-state index in [1.54, 1.807) is 17.1 Å². The first kappa shape index (κ1) is 15.0. The zero-order chi connectivity index (χ0) is 17.4. The van der Waals surface area contributed by atoms with Crippen molar-refractivity contribution in [1.29, 1.82) is 5.26 Å². The third-order valence-corrected chi connectivity index (χ3v) is 4.27. The molecule has 3 aromatic rings. The van der Waals surface area contributed by atoms with Crippen LogP contribution in [-0.4, -0.2) is 14.8 Å². The van der Waals surface area contributed by atoms with Crippen molar-refractivity contribution in [2.45, 2.75) is 12.8 Å². The molecule has 0 unspecified atom stereocenters. The van der Waals surface area contributed by atoms with E-state index < -0.39 is 0 Å². The largest absolute Gasteiger partial charge is 0.422 e. The zero-order valence-corrected chi connectivity index (χ0v) is 13.5. The number of ether oxygens (including phenoxy) is 1. The van der Waals surface area contributed by atoms with Crippen molar-refractivity contribution < 1.29 is 4.74 Å². The molecule has 3 heterocycles. The van der Waals surface area contributed by atoms with Gasteiger partial charge < -0.3 is 10.5 Å². The number of fused-ring (bicyclic) bond motifs is 1. The normalized spacial score (nSPS) is 16.1. The second kappa shape index (κ2) is 5.80. The van der Waals surface area contributed by atoms with Gasteiger partial charge in [-0.1, -0.05) is 18.2 Å². The van der Waals surface area contributed by atoms with Gasteiger partial charge >= 0.3 is 0 Å². The Bertz CT molecular complexity index is 1000. The molecule has 1 aliphatic rings. The number of aromatic nitrogens is 3. The summed E-state index contributed by atoms with van der Waals surface area (Å²) in [7, 11) is 0. The van der Waals surface area contributed by atoms with Crippen LogP contribution in [0, 0.1) is 18.3 Å². The molecule has 0 amide bonds. The lowest BCUT2D eigenvalue weighted by Gasteiger charge is -2.24. The minimum Gasteiger partial charge on any atom is -0.422 e. The minimum atomic E-state index is -0.325. The van der Waals surface area contributed by atoms with Gasteiger partial charge in [-0.25, -0.2) is 4.68 Å². The second-order valence-electron chi connectivity index (χ2n) is 5.76. The van der Waals surface area contributed by atoms with Crippen LogP contribution in [0.5, 0.6) is 5.88 Å². The van der Waals surface area contributed by atoms with E-state index in [1.807, 2.05) is 49.4 Å². The molecule has 0 spiro atoms. The van der Waals surface area contributed by atoms with E-state index in [0.29, 0.717) is 11.5 Å². The van der Waals surface area contributed by atoms with Crippen LogP contribution in [0.3, 0.4) is 0 Å². The lowest BCUT2D eigenvalue weighted by molar-refractivity contribution is 0.367. The predicted molar refractivity (Wildman–Crippen MR) is 91.8 cm³/mol. The maximum absolute atomic E-state index is 9.62. The Morgan fingerprint density at radius 1 is 1.16 bits per heavy atom. The van der Waals surface area contributed by atoms with E-state index in [0.717, 1.165) is 22.5 Å². The molecule has 6 heteroatoms. The Morgan fingerprint density at radius 3 is 2.56 bits per heavy atom. The van der Waals surface area contributed by atoms with Crippen molar-refractivity contribution in [2.75, 3.05) is 0 Å². The van der Waals surface area contributed by atoms with Crippen LogP contribution in [0.15, 0.2) is 66.3 Å². The number of hydrogen-bond donors (Lipinski definition) is 1. The van der Waals surface area contributed by atoms with E-state index in [4.69, 9.17) is 10.5 Å². The van der Waals surface area contributed by atoms with Crippen LogP contribution in [0.4, 0.5) is 0 Å². The van der Waals surface area contributed by atoms with Gasteiger partial charge in [0.2, 0.25) is 11.8 Å². The molecule has 1 atom stereocenters. The lowest BCUT2D eigenvalue weighted by Crippen LogP contribution is -2.22. The molecule has 0 radical (unpaired) electrons. The van der Waals surface area contributed by atoms with Crippen LogP contribution in [0.1, 0.15) is 22.7 Å². The smallest absolute Gasteiger partial charge is 0.229 e. The first-order valence-electron chi connectivity index (χ1n) is 7.83. The van der Waals surface area contributed by atoms with Gasteiger partial charge in [0.25, 0.3) is 0 Å². The highest BCUT2D eigenvalue weighted by Gasteiger charge is 2.35. The number of rotatable bonds is 2.